The molecule has 0 atom stereocenters. The molecule has 0 unspecified atom stereocenters. The molecule has 0 radical (unpaired) electrons. The highest BCUT2D eigenvalue weighted by Gasteiger charge is 2.22. The van der Waals surface area contributed by atoms with Crippen molar-refractivity contribution in [3.05, 3.63) is 84.9 Å². The highest BCUT2D eigenvalue weighted by Crippen LogP contribution is 2.43. The maximum Gasteiger partial charge on any atom is 0.203 e. The molecule has 52 heavy (non-hydrogen) atoms. The van der Waals surface area contributed by atoms with Crippen LogP contribution in [0.15, 0.2) is 95.2 Å². The van der Waals surface area contributed by atoms with E-state index in [0.717, 1.165) is 57.2 Å². The van der Waals surface area contributed by atoms with Gasteiger partial charge in [-0.25, -0.2) is 0 Å². The van der Waals surface area contributed by atoms with Crippen molar-refractivity contribution in [2.45, 2.75) is 23.2 Å². The maximum absolute atomic E-state index is 5.62. The molecule has 12 nitrogen and oxygen atoms in total. The Morgan fingerprint density at radius 1 is 0.462 bits per heavy atom. The third-order valence-electron chi connectivity index (χ3n) is 8.14. The fourth-order valence-corrected chi connectivity index (χ4v) is 7.57. The van der Waals surface area contributed by atoms with Gasteiger partial charge in [-0.15, -0.1) is 20.4 Å². The molecule has 0 saturated carbocycles. The Hall–Kier alpha value is -5.34. The van der Waals surface area contributed by atoms with E-state index in [2.05, 4.69) is 29.5 Å². The van der Waals surface area contributed by atoms with Crippen molar-refractivity contribution in [1.82, 2.24) is 29.5 Å². The number of para-hydroxylation sites is 2. The number of hydrogen-bond acceptors (Lipinski definition) is 12. The second kappa shape index (κ2) is 17.2. The lowest BCUT2D eigenvalue weighted by atomic mass is 10.1. The van der Waals surface area contributed by atoms with E-state index in [4.69, 9.17) is 28.4 Å². The van der Waals surface area contributed by atoms with E-state index in [-0.39, 0.29) is 0 Å². The summed E-state index contributed by atoms with van der Waals surface area (Å²) in [6.45, 7) is 0. The van der Waals surface area contributed by atoms with Crippen LogP contribution in [0, 0.1) is 0 Å². The lowest BCUT2D eigenvalue weighted by molar-refractivity contribution is 0.324. The molecule has 0 bridgehead atoms. The van der Waals surface area contributed by atoms with Crippen LogP contribution in [0.2, 0.25) is 0 Å². The SMILES string of the molecule is COc1cc(-c2nnc(SCCCCSc3nnc(-c4cc(OC)c(OC)c(OC)c4)n3-c3ccccc3)n2-c2ccccc2)cc(OC)c1OC. The van der Waals surface area contributed by atoms with Gasteiger partial charge >= 0.3 is 0 Å². The summed E-state index contributed by atoms with van der Waals surface area (Å²) < 4.78 is 37.7. The Morgan fingerprint density at radius 2 is 0.808 bits per heavy atom. The molecule has 6 aromatic rings. The molecular weight excluding hydrogens is 701 g/mol. The first-order chi connectivity index (χ1) is 25.5. The summed E-state index contributed by atoms with van der Waals surface area (Å²) in [5, 5.41) is 20.0. The van der Waals surface area contributed by atoms with Gasteiger partial charge in [-0.3, -0.25) is 9.13 Å². The summed E-state index contributed by atoms with van der Waals surface area (Å²) in [7, 11) is 9.57. The van der Waals surface area contributed by atoms with Crippen molar-refractivity contribution >= 4 is 23.5 Å². The number of rotatable bonds is 17. The van der Waals surface area contributed by atoms with Crippen LogP contribution in [0.3, 0.4) is 0 Å². The zero-order chi connectivity index (χ0) is 36.5. The third-order valence-corrected chi connectivity index (χ3v) is 10.2. The van der Waals surface area contributed by atoms with Gasteiger partial charge in [0, 0.05) is 34.0 Å². The third kappa shape index (κ3) is 7.63. The van der Waals surface area contributed by atoms with E-state index in [1.807, 2.05) is 84.9 Å². The largest absolute Gasteiger partial charge is 0.493 e. The van der Waals surface area contributed by atoms with E-state index >= 15 is 0 Å². The molecule has 0 aliphatic heterocycles. The normalized spacial score (nSPS) is 11.0. The quantitative estimate of drug-likeness (QED) is 0.0669. The number of hydrogen-bond donors (Lipinski definition) is 0. The lowest BCUT2D eigenvalue weighted by Crippen LogP contribution is -2.02. The molecule has 6 rings (SSSR count). The number of aromatic nitrogens is 6. The molecule has 0 spiro atoms. The van der Waals surface area contributed by atoms with Crippen LogP contribution in [0.25, 0.3) is 34.2 Å². The van der Waals surface area contributed by atoms with Crippen LogP contribution in [0.5, 0.6) is 34.5 Å². The summed E-state index contributed by atoms with van der Waals surface area (Å²) >= 11 is 3.34. The Labute approximate surface area is 311 Å². The summed E-state index contributed by atoms with van der Waals surface area (Å²) in [5.41, 5.74) is 3.50. The fraction of sp³-hybridized carbons (Fsp3) is 0.263. The minimum atomic E-state index is 0.520. The molecule has 0 aliphatic rings. The summed E-state index contributed by atoms with van der Waals surface area (Å²) in [6, 6.07) is 27.7. The summed E-state index contributed by atoms with van der Waals surface area (Å²) in [6.07, 6.45) is 1.91. The molecule has 0 aliphatic carbocycles. The number of thioether (sulfide) groups is 2. The Kier molecular flexibility index (Phi) is 12.1. The van der Waals surface area contributed by atoms with E-state index < -0.39 is 0 Å². The average Bonchev–Trinajstić information content (AvgIpc) is 3.83. The Morgan fingerprint density at radius 3 is 1.12 bits per heavy atom. The van der Waals surface area contributed by atoms with Gasteiger partial charge in [-0.1, -0.05) is 59.9 Å². The maximum atomic E-state index is 5.62. The van der Waals surface area contributed by atoms with Crippen molar-refractivity contribution in [3.8, 4) is 68.6 Å². The lowest BCUT2D eigenvalue weighted by Gasteiger charge is -2.15. The van der Waals surface area contributed by atoms with E-state index in [1.54, 1.807) is 66.2 Å². The summed E-state index contributed by atoms with van der Waals surface area (Å²) in [4.78, 5) is 0. The van der Waals surface area contributed by atoms with Crippen LogP contribution in [-0.4, -0.2) is 83.7 Å². The molecule has 14 heteroatoms. The predicted molar refractivity (Wildman–Crippen MR) is 204 cm³/mol. The molecule has 0 fully saturated rings. The van der Waals surface area contributed by atoms with Crippen molar-refractivity contribution in [2.24, 2.45) is 0 Å². The molecular formula is C38H40N6O6S2. The number of nitrogens with zero attached hydrogens (tertiary/aromatic N) is 6. The minimum absolute atomic E-state index is 0.520. The van der Waals surface area contributed by atoms with Crippen LogP contribution in [0.1, 0.15) is 12.8 Å². The first-order valence-corrected chi connectivity index (χ1v) is 18.4. The van der Waals surface area contributed by atoms with Gasteiger partial charge in [0.25, 0.3) is 0 Å². The molecule has 2 aromatic heterocycles. The Balaban J connectivity index is 1.18. The molecule has 270 valence electrons. The van der Waals surface area contributed by atoms with Crippen LogP contribution < -0.4 is 28.4 Å². The first kappa shape index (κ1) is 36.5. The molecule has 0 N–H and O–H groups in total. The van der Waals surface area contributed by atoms with Crippen molar-refractivity contribution in [2.75, 3.05) is 54.2 Å². The Bertz CT molecular complexity index is 1890. The predicted octanol–water partition coefficient (Wildman–Crippen LogP) is 7.90. The smallest absolute Gasteiger partial charge is 0.203 e. The van der Waals surface area contributed by atoms with Gasteiger partial charge in [-0.05, 0) is 61.4 Å². The minimum Gasteiger partial charge on any atom is -0.493 e. The first-order valence-electron chi connectivity index (χ1n) is 16.4. The monoisotopic (exact) mass is 740 g/mol. The van der Waals surface area contributed by atoms with Crippen molar-refractivity contribution in [3.63, 3.8) is 0 Å². The fourth-order valence-electron chi connectivity index (χ4n) is 5.67. The van der Waals surface area contributed by atoms with Crippen molar-refractivity contribution in [1.29, 1.82) is 0 Å². The van der Waals surface area contributed by atoms with Gasteiger partial charge < -0.3 is 28.4 Å². The number of benzene rings is 4. The number of methoxy groups -OCH3 is 6. The molecule has 2 heterocycles. The highest BCUT2D eigenvalue weighted by atomic mass is 32.2. The number of unbranched alkanes of at least 4 members (excludes halogenated alkanes) is 1. The topological polar surface area (TPSA) is 117 Å². The second-order valence-electron chi connectivity index (χ2n) is 11.2. The van der Waals surface area contributed by atoms with Gasteiger partial charge in [0.15, 0.2) is 45.0 Å². The van der Waals surface area contributed by atoms with Crippen LogP contribution in [-0.2, 0) is 0 Å². The molecule has 4 aromatic carbocycles. The van der Waals surface area contributed by atoms with Gasteiger partial charge in [-0.2, -0.15) is 0 Å². The second-order valence-corrected chi connectivity index (χ2v) is 13.3. The van der Waals surface area contributed by atoms with E-state index in [9.17, 15) is 0 Å². The van der Waals surface area contributed by atoms with Crippen LogP contribution in [0.4, 0.5) is 0 Å². The molecule has 0 amide bonds. The summed E-state index contributed by atoms with van der Waals surface area (Å²) in [5.74, 6) is 6.27. The highest BCUT2D eigenvalue weighted by molar-refractivity contribution is 7.99. The van der Waals surface area contributed by atoms with Gasteiger partial charge in [0.1, 0.15) is 0 Å². The van der Waals surface area contributed by atoms with E-state index in [0.29, 0.717) is 46.1 Å². The average molecular weight is 741 g/mol. The van der Waals surface area contributed by atoms with Crippen LogP contribution >= 0.6 is 23.5 Å². The number of ether oxygens (including phenoxy) is 6. The van der Waals surface area contributed by atoms with E-state index in [1.165, 1.54) is 0 Å². The molecule has 0 saturated heterocycles. The van der Waals surface area contributed by atoms with Gasteiger partial charge in [0.2, 0.25) is 11.5 Å². The van der Waals surface area contributed by atoms with Crippen molar-refractivity contribution < 1.29 is 28.4 Å². The zero-order valence-electron chi connectivity index (χ0n) is 29.9. The van der Waals surface area contributed by atoms with Gasteiger partial charge in [0.05, 0.1) is 42.7 Å². The standard InChI is InChI=1S/C38H40N6O6S2/c1-45-29-21-25(22-30(46-2)33(29)49-5)35-39-41-37(43(35)27-15-9-7-10-16-27)51-19-13-14-20-52-38-42-40-36(44(38)28-17-11-8-12-18-28)26-23-31(47-3)34(50-6)32(24-26)48-4/h7-12,15-18,21-24H,13-14,19-20H2,1-6H3. The zero-order valence-corrected chi connectivity index (χ0v) is 31.5.